The summed E-state index contributed by atoms with van der Waals surface area (Å²) in [4.78, 5) is 26.7. The summed E-state index contributed by atoms with van der Waals surface area (Å²) in [7, 11) is 1.38. The number of hydrogen-bond acceptors (Lipinski definition) is 4. The molecule has 1 aromatic carbocycles. The van der Waals surface area contributed by atoms with Gasteiger partial charge in [-0.1, -0.05) is 19.8 Å². The van der Waals surface area contributed by atoms with Gasteiger partial charge in [0.25, 0.3) is 5.91 Å². The van der Waals surface area contributed by atoms with Crippen molar-refractivity contribution in [3.63, 3.8) is 0 Å². The standard InChI is InChI=1S/C20H29NO4/c1-14(2)25-18-11-9-16(10-12-18)19(22)21(17-7-5-6-8-17)13-15(3)20(23)24-4/h9-12,14-15,17H,5-8,13H2,1-4H3. The second-order valence-electron chi connectivity index (χ2n) is 7.01. The Morgan fingerprint density at radius 3 is 2.24 bits per heavy atom. The number of amides is 1. The van der Waals surface area contributed by atoms with E-state index in [1.54, 1.807) is 19.1 Å². The van der Waals surface area contributed by atoms with Crippen molar-refractivity contribution in [2.75, 3.05) is 13.7 Å². The third-order valence-electron chi connectivity index (χ3n) is 4.57. The smallest absolute Gasteiger partial charge is 0.310 e. The van der Waals surface area contributed by atoms with Crippen molar-refractivity contribution >= 4 is 11.9 Å². The zero-order valence-corrected chi connectivity index (χ0v) is 15.7. The summed E-state index contributed by atoms with van der Waals surface area (Å²) < 4.78 is 10.5. The molecule has 0 bridgehead atoms. The molecule has 0 N–H and O–H groups in total. The maximum absolute atomic E-state index is 13.0. The summed E-state index contributed by atoms with van der Waals surface area (Å²) in [5.41, 5.74) is 0.625. The van der Waals surface area contributed by atoms with Gasteiger partial charge < -0.3 is 14.4 Å². The van der Waals surface area contributed by atoms with Crippen LogP contribution in [-0.2, 0) is 9.53 Å². The second-order valence-corrected chi connectivity index (χ2v) is 7.01. The van der Waals surface area contributed by atoms with Gasteiger partial charge in [0.15, 0.2) is 0 Å². The molecule has 138 valence electrons. The SMILES string of the molecule is COC(=O)C(C)CN(C(=O)c1ccc(OC(C)C)cc1)C1CCCC1. The summed E-state index contributed by atoms with van der Waals surface area (Å²) in [6, 6.07) is 7.44. The Balaban J connectivity index is 2.15. The van der Waals surface area contributed by atoms with Crippen LogP contribution < -0.4 is 4.74 Å². The summed E-state index contributed by atoms with van der Waals surface area (Å²) >= 11 is 0. The summed E-state index contributed by atoms with van der Waals surface area (Å²) in [5.74, 6) is 0.107. The maximum atomic E-state index is 13.0. The largest absolute Gasteiger partial charge is 0.491 e. The number of esters is 1. The lowest BCUT2D eigenvalue weighted by atomic mass is 10.1. The van der Waals surface area contributed by atoms with Crippen LogP contribution in [0.4, 0.5) is 0 Å². The lowest BCUT2D eigenvalue weighted by Crippen LogP contribution is -2.43. The van der Waals surface area contributed by atoms with E-state index in [-0.39, 0.29) is 29.9 Å². The van der Waals surface area contributed by atoms with E-state index >= 15 is 0 Å². The number of hydrogen-bond donors (Lipinski definition) is 0. The third-order valence-corrected chi connectivity index (χ3v) is 4.57. The van der Waals surface area contributed by atoms with Crippen molar-refractivity contribution in [1.29, 1.82) is 0 Å². The van der Waals surface area contributed by atoms with Crippen molar-refractivity contribution in [3.8, 4) is 5.75 Å². The van der Waals surface area contributed by atoms with E-state index in [0.717, 1.165) is 31.4 Å². The zero-order chi connectivity index (χ0) is 18.4. The minimum Gasteiger partial charge on any atom is -0.491 e. The Morgan fingerprint density at radius 1 is 1.12 bits per heavy atom. The van der Waals surface area contributed by atoms with Crippen LogP contribution in [0.15, 0.2) is 24.3 Å². The number of rotatable bonds is 7. The molecule has 5 nitrogen and oxygen atoms in total. The van der Waals surface area contributed by atoms with Gasteiger partial charge in [-0.05, 0) is 51.0 Å². The fourth-order valence-corrected chi connectivity index (χ4v) is 3.30. The molecule has 0 aromatic heterocycles. The summed E-state index contributed by atoms with van der Waals surface area (Å²) in [5, 5.41) is 0. The Hall–Kier alpha value is -2.04. The van der Waals surface area contributed by atoms with Crippen LogP contribution in [0.25, 0.3) is 0 Å². The predicted octanol–water partition coefficient (Wildman–Crippen LogP) is 3.67. The van der Waals surface area contributed by atoms with Gasteiger partial charge in [0.05, 0.1) is 19.1 Å². The number of carbonyl (C=O) groups excluding carboxylic acids is 2. The van der Waals surface area contributed by atoms with Crippen LogP contribution in [0.1, 0.15) is 56.8 Å². The molecule has 1 saturated carbocycles. The van der Waals surface area contributed by atoms with Crippen molar-refractivity contribution < 1.29 is 19.1 Å². The van der Waals surface area contributed by atoms with E-state index in [1.165, 1.54) is 7.11 Å². The van der Waals surface area contributed by atoms with Crippen LogP contribution in [0.3, 0.4) is 0 Å². The Morgan fingerprint density at radius 2 is 1.72 bits per heavy atom. The monoisotopic (exact) mass is 347 g/mol. The molecular weight excluding hydrogens is 318 g/mol. The molecule has 0 spiro atoms. The minimum atomic E-state index is -0.335. The van der Waals surface area contributed by atoms with Crippen molar-refractivity contribution in [2.24, 2.45) is 5.92 Å². The highest BCUT2D eigenvalue weighted by Crippen LogP contribution is 2.26. The maximum Gasteiger partial charge on any atom is 0.310 e. The first-order valence-electron chi connectivity index (χ1n) is 9.08. The number of nitrogens with zero attached hydrogens (tertiary/aromatic N) is 1. The molecule has 1 aromatic rings. The van der Waals surface area contributed by atoms with Gasteiger partial charge >= 0.3 is 5.97 Å². The second kappa shape index (κ2) is 8.88. The molecule has 1 fully saturated rings. The van der Waals surface area contributed by atoms with E-state index in [2.05, 4.69) is 0 Å². The highest BCUT2D eigenvalue weighted by Gasteiger charge is 2.30. The van der Waals surface area contributed by atoms with Gasteiger partial charge in [0.2, 0.25) is 0 Å². The Labute approximate surface area is 150 Å². The number of ether oxygens (including phenoxy) is 2. The Bertz CT molecular complexity index is 576. The molecule has 2 rings (SSSR count). The van der Waals surface area contributed by atoms with Crippen LogP contribution in [0.2, 0.25) is 0 Å². The first kappa shape index (κ1) is 19.3. The van der Waals surface area contributed by atoms with Crippen LogP contribution in [0.5, 0.6) is 5.75 Å². The molecule has 25 heavy (non-hydrogen) atoms. The minimum absolute atomic E-state index is 0.0289. The van der Waals surface area contributed by atoms with E-state index in [0.29, 0.717) is 12.1 Å². The number of benzene rings is 1. The average Bonchev–Trinajstić information content (AvgIpc) is 3.12. The van der Waals surface area contributed by atoms with Gasteiger partial charge in [0.1, 0.15) is 5.75 Å². The van der Waals surface area contributed by atoms with Gasteiger partial charge in [-0.15, -0.1) is 0 Å². The molecule has 1 unspecified atom stereocenters. The fourth-order valence-electron chi connectivity index (χ4n) is 3.30. The first-order valence-corrected chi connectivity index (χ1v) is 9.08. The molecule has 5 heteroatoms. The molecule has 0 radical (unpaired) electrons. The van der Waals surface area contributed by atoms with Crippen molar-refractivity contribution in [1.82, 2.24) is 4.90 Å². The van der Waals surface area contributed by atoms with Gasteiger partial charge in [-0.2, -0.15) is 0 Å². The summed E-state index contributed by atoms with van der Waals surface area (Å²) in [6.07, 6.45) is 4.34. The molecule has 0 heterocycles. The van der Waals surface area contributed by atoms with Crippen LogP contribution in [0, 0.1) is 5.92 Å². The lowest BCUT2D eigenvalue weighted by molar-refractivity contribution is -0.145. The normalized spacial score (nSPS) is 15.9. The first-order chi connectivity index (χ1) is 11.9. The molecule has 0 aliphatic heterocycles. The van der Waals surface area contributed by atoms with E-state index in [1.807, 2.05) is 30.9 Å². The van der Waals surface area contributed by atoms with Crippen molar-refractivity contribution in [3.05, 3.63) is 29.8 Å². The van der Waals surface area contributed by atoms with E-state index in [4.69, 9.17) is 9.47 Å². The third kappa shape index (κ3) is 5.21. The van der Waals surface area contributed by atoms with Gasteiger partial charge in [-0.3, -0.25) is 9.59 Å². The highest BCUT2D eigenvalue weighted by atomic mass is 16.5. The number of carbonyl (C=O) groups is 2. The molecular formula is C20H29NO4. The van der Waals surface area contributed by atoms with E-state index in [9.17, 15) is 9.59 Å². The Kier molecular flexibility index (Phi) is 6.85. The fraction of sp³-hybridized carbons (Fsp3) is 0.600. The quantitative estimate of drug-likeness (QED) is 0.706. The summed E-state index contributed by atoms with van der Waals surface area (Å²) in [6.45, 7) is 6.13. The van der Waals surface area contributed by atoms with E-state index < -0.39 is 0 Å². The number of methoxy groups -OCH3 is 1. The molecule has 1 aliphatic carbocycles. The lowest BCUT2D eigenvalue weighted by Gasteiger charge is -2.31. The molecule has 0 saturated heterocycles. The van der Waals surface area contributed by atoms with Crippen LogP contribution >= 0.6 is 0 Å². The van der Waals surface area contributed by atoms with Crippen molar-refractivity contribution in [2.45, 2.75) is 58.6 Å². The van der Waals surface area contributed by atoms with Gasteiger partial charge in [-0.25, -0.2) is 0 Å². The van der Waals surface area contributed by atoms with Gasteiger partial charge in [0, 0.05) is 18.2 Å². The highest BCUT2D eigenvalue weighted by molar-refractivity contribution is 5.94. The average molecular weight is 347 g/mol. The molecule has 1 aliphatic rings. The predicted molar refractivity (Wildman–Crippen MR) is 96.7 cm³/mol. The molecule has 1 atom stereocenters. The zero-order valence-electron chi connectivity index (χ0n) is 15.7. The van der Waals surface area contributed by atoms with Crippen LogP contribution in [-0.4, -0.2) is 42.6 Å². The topological polar surface area (TPSA) is 55.8 Å². The molecule has 1 amide bonds.